The van der Waals surface area contributed by atoms with E-state index >= 15 is 0 Å². The fourth-order valence-electron chi connectivity index (χ4n) is 3.95. The van der Waals surface area contributed by atoms with Crippen LogP contribution in [0, 0.1) is 6.92 Å². The number of nitrogens with one attached hydrogen (secondary N) is 1. The van der Waals surface area contributed by atoms with Gasteiger partial charge in [-0.3, -0.25) is 4.90 Å². The van der Waals surface area contributed by atoms with Crippen molar-refractivity contribution in [1.29, 1.82) is 0 Å². The molecule has 2 aromatic heterocycles. The number of hydrogen-bond donors (Lipinski definition) is 1. The molecule has 0 spiro atoms. The van der Waals surface area contributed by atoms with E-state index in [1.165, 1.54) is 5.56 Å². The molecule has 0 radical (unpaired) electrons. The molecule has 0 bridgehead atoms. The lowest BCUT2D eigenvalue weighted by molar-refractivity contribution is 0.211. The second-order valence-electron chi connectivity index (χ2n) is 9.22. The molecule has 1 aliphatic heterocycles. The van der Waals surface area contributed by atoms with E-state index in [-0.39, 0.29) is 5.41 Å². The lowest BCUT2D eigenvalue weighted by Gasteiger charge is -2.32. The highest BCUT2D eigenvalue weighted by atomic mass is 16.5. The lowest BCUT2D eigenvalue weighted by Crippen LogP contribution is -2.39. The molecule has 0 aliphatic carbocycles. The molecule has 0 unspecified atom stereocenters. The third-order valence-electron chi connectivity index (χ3n) is 5.56. The standard InChI is InChI=1S/C24H31N5O/c1-17-14-21(30-28-17)20-15-25-23(27-22(20)24(2,3)4)26-19-10-12-29(13-11-19)16-18-8-6-5-7-9-18/h5-9,14-15,19H,10-13,16H2,1-4H3,(H,25,26,27). The highest BCUT2D eigenvalue weighted by Crippen LogP contribution is 2.32. The minimum atomic E-state index is -0.131. The van der Waals surface area contributed by atoms with E-state index in [4.69, 9.17) is 9.51 Å². The minimum Gasteiger partial charge on any atom is -0.356 e. The molecule has 4 rings (SSSR count). The van der Waals surface area contributed by atoms with E-state index in [0.717, 1.165) is 55.2 Å². The van der Waals surface area contributed by atoms with Gasteiger partial charge in [0.05, 0.1) is 17.0 Å². The number of likely N-dealkylation sites (tertiary alicyclic amines) is 1. The Morgan fingerprint density at radius 1 is 1.13 bits per heavy atom. The van der Waals surface area contributed by atoms with Crippen LogP contribution in [0.15, 0.2) is 47.1 Å². The van der Waals surface area contributed by atoms with Gasteiger partial charge in [0.1, 0.15) is 0 Å². The highest BCUT2D eigenvalue weighted by Gasteiger charge is 2.25. The van der Waals surface area contributed by atoms with Crippen LogP contribution >= 0.6 is 0 Å². The summed E-state index contributed by atoms with van der Waals surface area (Å²) in [6, 6.07) is 13.0. The molecule has 3 aromatic rings. The molecule has 30 heavy (non-hydrogen) atoms. The van der Waals surface area contributed by atoms with E-state index in [9.17, 15) is 0 Å². The Labute approximate surface area is 178 Å². The van der Waals surface area contributed by atoms with Crippen molar-refractivity contribution in [3.63, 3.8) is 0 Å². The second kappa shape index (κ2) is 8.56. The van der Waals surface area contributed by atoms with Crippen molar-refractivity contribution in [1.82, 2.24) is 20.0 Å². The van der Waals surface area contributed by atoms with Gasteiger partial charge >= 0.3 is 0 Å². The fourth-order valence-corrected chi connectivity index (χ4v) is 3.95. The van der Waals surface area contributed by atoms with E-state index in [0.29, 0.717) is 12.0 Å². The molecule has 1 N–H and O–H groups in total. The van der Waals surface area contributed by atoms with Gasteiger partial charge in [0.15, 0.2) is 5.76 Å². The molecule has 1 saturated heterocycles. The van der Waals surface area contributed by atoms with Gasteiger partial charge in [-0.15, -0.1) is 0 Å². The van der Waals surface area contributed by atoms with Crippen LogP contribution in [0.2, 0.25) is 0 Å². The maximum atomic E-state index is 5.48. The first-order valence-electron chi connectivity index (χ1n) is 10.7. The molecule has 6 nitrogen and oxygen atoms in total. The maximum absolute atomic E-state index is 5.48. The summed E-state index contributed by atoms with van der Waals surface area (Å²) < 4.78 is 5.48. The van der Waals surface area contributed by atoms with Crippen LogP contribution in [-0.4, -0.2) is 39.2 Å². The average molecular weight is 406 g/mol. The predicted molar refractivity (Wildman–Crippen MR) is 119 cm³/mol. The van der Waals surface area contributed by atoms with Crippen LogP contribution in [0.25, 0.3) is 11.3 Å². The smallest absolute Gasteiger partial charge is 0.223 e. The molecule has 1 fully saturated rings. The Balaban J connectivity index is 1.43. The van der Waals surface area contributed by atoms with Crippen molar-refractivity contribution in [2.24, 2.45) is 0 Å². The third-order valence-corrected chi connectivity index (χ3v) is 5.56. The molecule has 3 heterocycles. The first-order chi connectivity index (χ1) is 14.4. The monoisotopic (exact) mass is 405 g/mol. The molecule has 0 saturated carbocycles. The van der Waals surface area contributed by atoms with Crippen LogP contribution < -0.4 is 5.32 Å². The Kier molecular flexibility index (Phi) is 5.86. The van der Waals surface area contributed by atoms with Crippen LogP contribution in [0.1, 0.15) is 50.6 Å². The van der Waals surface area contributed by atoms with Gasteiger partial charge in [0.2, 0.25) is 5.95 Å². The van der Waals surface area contributed by atoms with Gasteiger partial charge in [0, 0.05) is 43.4 Å². The summed E-state index contributed by atoms with van der Waals surface area (Å²) in [4.78, 5) is 12.0. The highest BCUT2D eigenvalue weighted by molar-refractivity contribution is 5.62. The zero-order chi connectivity index (χ0) is 21.1. The van der Waals surface area contributed by atoms with Gasteiger partial charge in [-0.05, 0) is 25.3 Å². The predicted octanol–water partition coefficient (Wildman–Crippen LogP) is 4.81. The number of benzene rings is 1. The molecular weight excluding hydrogens is 374 g/mol. The molecule has 6 heteroatoms. The summed E-state index contributed by atoms with van der Waals surface area (Å²) in [5.74, 6) is 1.42. The van der Waals surface area contributed by atoms with E-state index in [1.807, 2.05) is 19.2 Å². The largest absolute Gasteiger partial charge is 0.356 e. The summed E-state index contributed by atoms with van der Waals surface area (Å²) in [7, 11) is 0. The number of aryl methyl sites for hydroxylation is 1. The van der Waals surface area contributed by atoms with Crippen LogP contribution in [0.5, 0.6) is 0 Å². The van der Waals surface area contributed by atoms with E-state index in [2.05, 4.69) is 71.5 Å². The van der Waals surface area contributed by atoms with Crippen molar-refractivity contribution in [2.45, 2.75) is 58.5 Å². The van der Waals surface area contributed by atoms with Gasteiger partial charge in [-0.25, -0.2) is 9.97 Å². The normalized spacial score (nSPS) is 16.0. The van der Waals surface area contributed by atoms with E-state index < -0.39 is 0 Å². The molecule has 1 aliphatic rings. The first-order valence-corrected chi connectivity index (χ1v) is 10.7. The summed E-state index contributed by atoms with van der Waals surface area (Å²) in [6.45, 7) is 11.6. The third kappa shape index (κ3) is 4.87. The summed E-state index contributed by atoms with van der Waals surface area (Å²) in [6.07, 6.45) is 4.04. The van der Waals surface area contributed by atoms with Crippen LogP contribution in [0.4, 0.5) is 5.95 Å². The SMILES string of the molecule is Cc1cc(-c2cnc(NC3CCN(Cc4ccccc4)CC3)nc2C(C)(C)C)on1. The molecule has 0 atom stereocenters. The maximum Gasteiger partial charge on any atom is 0.223 e. The van der Waals surface area contributed by atoms with Gasteiger partial charge in [-0.1, -0.05) is 56.3 Å². The topological polar surface area (TPSA) is 67.1 Å². The second-order valence-corrected chi connectivity index (χ2v) is 9.22. The van der Waals surface area contributed by atoms with Crippen molar-refractivity contribution >= 4 is 5.95 Å². The van der Waals surface area contributed by atoms with Crippen molar-refractivity contribution in [3.05, 3.63) is 59.5 Å². The number of anilines is 1. The summed E-state index contributed by atoms with van der Waals surface area (Å²) in [5.41, 5.74) is 3.98. The van der Waals surface area contributed by atoms with Crippen molar-refractivity contribution in [3.8, 4) is 11.3 Å². The Bertz CT molecular complexity index is 969. The summed E-state index contributed by atoms with van der Waals surface area (Å²) in [5, 5.41) is 7.58. The average Bonchev–Trinajstić information content (AvgIpc) is 3.16. The zero-order valence-corrected chi connectivity index (χ0v) is 18.4. The molecule has 1 aromatic carbocycles. The summed E-state index contributed by atoms with van der Waals surface area (Å²) >= 11 is 0. The Hall–Kier alpha value is -2.73. The zero-order valence-electron chi connectivity index (χ0n) is 18.4. The Morgan fingerprint density at radius 3 is 2.50 bits per heavy atom. The first kappa shape index (κ1) is 20.5. The molecule has 0 amide bonds. The quantitative estimate of drug-likeness (QED) is 0.657. The van der Waals surface area contributed by atoms with Gasteiger partial charge in [0.25, 0.3) is 0 Å². The van der Waals surface area contributed by atoms with Gasteiger partial charge in [-0.2, -0.15) is 0 Å². The van der Waals surface area contributed by atoms with Crippen molar-refractivity contribution in [2.75, 3.05) is 18.4 Å². The number of rotatable bonds is 5. The van der Waals surface area contributed by atoms with E-state index in [1.54, 1.807) is 0 Å². The molecular formula is C24H31N5O. The minimum absolute atomic E-state index is 0.131. The van der Waals surface area contributed by atoms with Crippen LogP contribution in [0.3, 0.4) is 0 Å². The van der Waals surface area contributed by atoms with Crippen LogP contribution in [-0.2, 0) is 12.0 Å². The molecule has 158 valence electrons. The number of hydrogen-bond acceptors (Lipinski definition) is 6. The number of piperidine rings is 1. The van der Waals surface area contributed by atoms with Crippen molar-refractivity contribution < 1.29 is 4.52 Å². The Morgan fingerprint density at radius 2 is 1.87 bits per heavy atom. The fraction of sp³-hybridized carbons (Fsp3) is 0.458. The van der Waals surface area contributed by atoms with Gasteiger partial charge < -0.3 is 9.84 Å². The number of nitrogens with zero attached hydrogens (tertiary/aromatic N) is 4. The lowest BCUT2D eigenvalue weighted by atomic mass is 9.88. The number of aromatic nitrogens is 3.